The summed E-state index contributed by atoms with van der Waals surface area (Å²) in [6, 6.07) is 5.98. The minimum atomic E-state index is -4.51. The Bertz CT molecular complexity index is 826. The fourth-order valence-electron chi connectivity index (χ4n) is 1.78. The molecule has 0 unspecified atom stereocenters. The van der Waals surface area contributed by atoms with Crippen molar-refractivity contribution in [3.8, 4) is 11.5 Å². The quantitative estimate of drug-likeness (QED) is 0.367. The molecule has 0 saturated heterocycles. The number of nitro groups is 1. The molecule has 0 saturated carbocycles. The van der Waals surface area contributed by atoms with Crippen LogP contribution >= 0.6 is 27.5 Å². The topological polar surface area (TPSA) is 69.4 Å². The Morgan fingerprint density at radius 2 is 1.88 bits per heavy atom. The highest BCUT2D eigenvalue weighted by Gasteiger charge is 2.31. The van der Waals surface area contributed by atoms with Crippen LogP contribution < -0.4 is 4.74 Å². The molecule has 0 bridgehead atoms. The van der Waals surface area contributed by atoms with E-state index in [1.807, 2.05) is 0 Å². The van der Waals surface area contributed by atoms with Crippen molar-refractivity contribution >= 4 is 38.5 Å². The summed E-state index contributed by atoms with van der Waals surface area (Å²) in [6.45, 7) is 0. The molecule has 24 heavy (non-hydrogen) atoms. The summed E-state index contributed by atoms with van der Waals surface area (Å²) in [5, 5.41) is 9.76. The van der Waals surface area contributed by atoms with Crippen LogP contribution in [0.3, 0.4) is 0 Å². The SMILES string of the molecule is O=C(Cl)c1cc(Oc2ccc(C(F)(F)F)cc2Br)ccc1[N+](=O)[O-]. The fraction of sp³-hybridized carbons (Fsp3) is 0.0714. The Labute approximate surface area is 146 Å². The van der Waals surface area contributed by atoms with Crippen LogP contribution in [0.25, 0.3) is 0 Å². The van der Waals surface area contributed by atoms with Gasteiger partial charge in [-0.25, -0.2) is 0 Å². The molecule has 0 N–H and O–H groups in total. The van der Waals surface area contributed by atoms with Crippen LogP contribution in [-0.4, -0.2) is 10.2 Å². The van der Waals surface area contributed by atoms with E-state index in [2.05, 4.69) is 15.9 Å². The lowest BCUT2D eigenvalue weighted by atomic mass is 10.2. The molecule has 126 valence electrons. The Morgan fingerprint density at radius 3 is 2.38 bits per heavy atom. The molecule has 10 heteroatoms. The summed E-state index contributed by atoms with van der Waals surface area (Å²) in [7, 11) is 0. The zero-order chi connectivity index (χ0) is 18.1. The van der Waals surface area contributed by atoms with Gasteiger partial charge in [0, 0.05) is 6.07 Å². The van der Waals surface area contributed by atoms with Gasteiger partial charge in [0.25, 0.3) is 10.9 Å². The van der Waals surface area contributed by atoms with Crippen LogP contribution in [0.5, 0.6) is 11.5 Å². The molecule has 2 aromatic carbocycles. The fourth-order valence-corrected chi connectivity index (χ4v) is 2.39. The third-order valence-electron chi connectivity index (χ3n) is 2.86. The van der Waals surface area contributed by atoms with Crippen LogP contribution in [-0.2, 0) is 6.18 Å². The molecule has 2 rings (SSSR count). The monoisotopic (exact) mass is 423 g/mol. The summed E-state index contributed by atoms with van der Waals surface area (Å²) in [4.78, 5) is 21.3. The lowest BCUT2D eigenvalue weighted by molar-refractivity contribution is -0.385. The Morgan fingerprint density at radius 1 is 1.21 bits per heavy atom. The van der Waals surface area contributed by atoms with Crippen molar-refractivity contribution in [1.29, 1.82) is 0 Å². The average Bonchev–Trinajstić information content (AvgIpc) is 2.47. The van der Waals surface area contributed by atoms with E-state index in [1.165, 1.54) is 6.07 Å². The van der Waals surface area contributed by atoms with Crippen molar-refractivity contribution < 1.29 is 27.6 Å². The summed E-state index contributed by atoms with van der Waals surface area (Å²) in [5.41, 5.74) is -1.77. The third kappa shape index (κ3) is 4.04. The maximum absolute atomic E-state index is 12.6. The number of carbonyl (C=O) groups excluding carboxylic acids is 1. The molecule has 5 nitrogen and oxygen atoms in total. The predicted molar refractivity (Wildman–Crippen MR) is 82.5 cm³/mol. The highest BCUT2D eigenvalue weighted by Crippen LogP contribution is 2.37. The van der Waals surface area contributed by atoms with Gasteiger partial charge in [0.1, 0.15) is 17.1 Å². The van der Waals surface area contributed by atoms with Crippen molar-refractivity contribution in [3.63, 3.8) is 0 Å². The number of halogens is 5. The summed E-state index contributed by atoms with van der Waals surface area (Å²) >= 11 is 8.25. The van der Waals surface area contributed by atoms with Gasteiger partial charge in [0.05, 0.1) is 15.0 Å². The minimum absolute atomic E-state index is 0.00468. The van der Waals surface area contributed by atoms with Gasteiger partial charge in [-0.3, -0.25) is 14.9 Å². The number of carbonyl (C=O) groups is 1. The molecule has 0 amide bonds. The Kier molecular flexibility index (Phi) is 5.14. The number of nitro benzene ring substituents is 1. The molecule has 0 heterocycles. The summed E-state index contributed by atoms with van der Waals surface area (Å²) in [6.07, 6.45) is -4.51. The largest absolute Gasteiger partial charge is 0.456 e. The van der Waals surface area contributed by atoms with E-state index in [0.29, 0.717) is 0 Å². The van der Waals surface area contributed by atoms with E-state index in [9.17, 15) is 28.1 Å². The number of ether oxygens (including phenoxy) is 1. The van der Waals surface area contributed by atoms with Crippen molar-refractivity contribution in [2.75, 3.05) is 0 Å². The number of hydrogen-bond acceptors (Lipinski definition) is 4. The average molecular weight is 425 g/mol. The molecule has 0 fully saturated rings. The highest BCUT2D eigenvalue weighted by molar-refractivity contribution is 9.10. The number of rotatable bonds is 4. The van der Waals surface area contributed by atoms with Crippen molar-refractivity contribution in [2.24, 2.45) is 0 Å². The first-order valence-electron chi connectivity index (χ1n) is 6.12. The van der Waals surface area contributed by atoms with Crippen LogP contribution in [0.1, 0.15) is 15.9 Å². The zero-order valence-electron chi connectivity index (χ0n) is 11.4. The zero-order valence-corrected chi connectivity index (χ0v) is 13.8. The van der Waals surface area contributed by atoms with Crippen LogP contribution in [0.4, 0.5) is 18.9 Å². The number of hydrogen-bond donors (Lipinski definition) is 0. The molecule has 0 aliphatic carbocycles. The van der Waals surface area contributed by atoms with Gasteiger partial charge in [-0.1, -0.05) is 0 Å². The molecule has 0 atom stereocenters. The molecule has 0 spiro atoms. The van der Waals surface area contributed by atoms with Crippen molar-refractivity contribution in [1.82, 2.24) is 0 Å². The van der Waals surface area contributed by atoms with Gasteiger partial charge in [-0.15, -0.1) is 0 Å². The van der Waals surface area contributed by atoms with Crippen LogP contribution in [0.2, 0.25) is 0 Å². The standard InChI is InChI=1S/C14H6BrClF3NO4/c15-10-5-7(14(17,18)19)1-4-12(10)24-8-2-3-11(20(22)23)9(6-8)13(16)21/h1-6H. The number of benzene rings is 2. The predicted octanol–water partition coefficient (Wildman–Crippen LogP) is 5.55. The van der Waals surface area contributed by atoms with E-state index in [0.717, 1.165) is 30.3 Å². The van der Waals surface area contributed by atoms with Gasteiger partial charge in [-0.05, 0) is 57.9 Å². The van der Waals surface area contributed by atoms with E-state index >= 15 is 0 Å². The third-order valence-corrected chi connectivity index (χ3v) is 3.69. The van der Waals surface area contributed by atoms with Crippen molar-refractivity contribution in [2.45, 2.75) is 6.18 Å². The maximum Gasteiger partial charge on any atom is 0.416 e. The first-order chi connectivity index (χ1) is 11.1. The van der Waals surface area contributed by atoms with Crippen LogP contribution in [0.15, 0.2) is 40.9 Å². The summed E-state index contributed by atoms with van der Waals surface area (Å²) in [5.74, 6) is 0.0369. The van der Waals surface area contributed by atoms with Gasteiger partial charge < -0.3 is 4.74 Å². The first kappa shape index (κ1) is 18.2. The first-order valence-corrected chi connectivity index (χ1v) is 7.29. The van der Waals surface area contributed by atoms with Gasteiger partial charge >= 0.3 is 6.18 Å². The van der Waals surface area contributed by atoms with Gasteiger partial charge in [0.2, 0.25) is 0 Å². The molecule has 2 aromatic rings. The smallest absolute Gasteiger partial charge is 0.416 e. The van der Waals surface area contributed by atoms with Gasteiger partial charge in [0.15, 0.2) is 0 Å². The molecule has 0 aromatic heterocycles. The van der Waals surface area contributed by atoms with Crippen molar-refractivity contribution in [3.05, 3.63) is 62.1 Å². The molecule has 0 aliphatic heterocycles. The van der Waals surface area contributed by atoms with Crippen LogP contribution in [0, 0.1) is 10.1 Å². The highest BCUT2D eigenvalue weighted by atomic mass is 79.9. The Hall–Kier alpha value is -2.13. The molecule has 0 aliphatic rings. The lowest BCUT2D eigenvalue weighted by Gasteiger charge is -2.11. The number of alkyl halides is 3. The van der Waals surface area contributed by atoms with E-state index in [-0.39, 0.29) is 21.5 Å². The van der Waals surface area contributed by atoms with E-state index < -0.39 is 27.6 Å². The second kappa shape index (κ2) is 6.78. The lowest BCUT2D eigenvalue weighted by Crippen LogP contribution is -2.04. The minimum Gasteiger partial charge on any atom is -0.456 e. The number of nitrogens with zero attached hydrogens (tertiary/aromatic N) is 1. The molecule has 0 radical (unpaired) electrons. The molecular weight excluding hydrogens is 419 g/mol. The second-order valence-corrected chi connectivity index (χ2v) is 5.65. The van der Waals surface area contributed by atoms with E-state index in [1.54, 1.807) is 0 Å². The van der Waals surface area contributed by atoms with Gasteiger partial charge in [-0.2, -0.15) is 13.2 Å². The second-order valence-electron chi connectivity index (χ2n) is 4.45. The molecular formula is C14H6BrClF3NO4. The normalized spacial score (nSPS) is 11.2. The maximum atomic E-state index is 12.6. The Balaban J connectivity index is 2.37. The van der Waals surface area contributed by atoms with E-state index in [4.69, 9.17) is 16.3 Å². The summed E-state index contributed by atoms with van der Waals surface area (Å²) < 4.78 is 43.2.